The summed E-state index contributed by atoms with van der Waals surface area (Å²) in [6.07, 6.45) is 9.50. The lowest BCUT2D eigenvalue weighted by Crippen LogP contribution is -2.39. The summed E-state index contributed by atoms with van der Waals surface area (Å²) in [4.78, 5) is 20.9. The predicted molar refractivity (Wildman–Crippen MR) is 41.8 cm³/mol. The van der Waals surface area contributed by atoms with E-state index in [1.54, 1.807) is 5.92 Å². The molecule has 0 radical (unpaired) electrons. The summed E-state index contributed by atoms with van der Waals surface area (Å²) in [5.41, 5.74) is 0. The fraction of sp³-hybridized carbons (Fsp3) is 0.250. The van der Waals surface area contributed by atoms with Crippen LogP contribution in [-0.4, -0.2) is 23.0 Å². The molecule has 0 aromatic carbocycles. The van der Waals surface area contributed by atoms with Crippen molar-refractivity contribution in [1.29, 1.82) is 0 Å². The third kappa shape index (κ3) is 3.28. The smallest absolute Gasteiger partial charge is 0.327 e. The van der Waals surface area contributed by atoms with E-state index in [0.717, 1.165) is 0 Å². The molecule has 0 bridgehead atoms. The molecule has 1 atom stereocenters. The zero-order valence-corrected chi connectivity index (χ0v) is 6.20. The average Bonchev–Trinajstić information content (AvgIpc) is 2.03. The van der Waals surface area contributed by atoms with Crippen LogP contribution in [0.2, 0.25) is 0 Å². The first-order chi connectivity index (χ1) is 5.61. The van der Waals surface area contributed by atoms with Crippen LogP contribution in [0.5, 0.6) is 0 Å². The molecule has 12 heavy (non-hydrogen) atoms. The normalized spacial score (nSPS) is 10.5. The lowest BCUT2D eigenvalue weighted by molar-refractivity contribution is -0.140. The van der Waals surface area contributed by atoms with Crippen molar-refractivity contribution in [3.05, 3.63) is 0 Å². The van der Waals surface area contributed by atoms with E-state index in [1.165, 1.54) is 0 Å². The van der Waals surface area contributed by atoms with Gasteiger partial charge in [0.2, 0.25) is 0 Å². The summed E-state index contributed by atoms with van der Waals surface area (Å²) in [7, 11) is 0. The molecule has 0 aliphatic heterocycles. The van der Waals surface area contributed by atoms with Crippen molar-refractivity contribution in [1.82, 2.24) is 5.32 Å². The standard InChI is InChI=1S/C8H7NO3/c1-3-5-6(8(11)12)9-7(10)4-2/h1-2,6H,5H2,(H,9,10)(H,11,12). The Morgan fingerprint density at radius 3 is 2.42 bits per heavy atom. The van der Waals surface area contributed by atoms with Crippen LogP contribution >= 0.6 is 0 Å². The number of carboxylic acids is 1. The SMILES string of the molecule is C#CCC(NC(=O)C#C)C(=O)O. The van der Waals surface area contributed by atoms with Gasteiger partial charge >= 0.3 is 5.97 Å². The molecule has 0 aliphatic carbocycles. The zero-order chi connectivity index (χ0) is 9.56. The Hall–Kier alpha value is -1.94. The highest BCUT2D eigenvalue weighted by molar-refractivity contribution is 5.95. The maximum atomic E-state index is 10.5. The Morgan fingerprint density at radius 2 is 2.08 bits per heavy atom. The van der Waals surface area contributed by atoms with Gasteiger partial charge in [-0.2, -0.15) is 0 Å². The van der Waals surface area contributed by atoms with Gasteiger partial charge in [0.15, 0.2) is 0 Å². The number of hydrogen-bond donors (Lipinski definition) is 2. The van der Waals surface area contributed by atoms with E-state index in [1.807, 2.05) is 5.32 Å². The number of rotatable bonds is 3. The van der Waals surface area contributed by atoms with Crippen LogP contribution in [0.25, 0.3) is 0 Å². The molecule has 0 aromatic heterocycles. The van der Waals surface area contributed by atoms with Crippen molar-refractivity contribution in [2.24, 2.45) is 0 Å². The van der Waals surface area contributed by atoms with Gasteiger partial charge in [0.05, 0.1) is 0 Å². The molecule has 0 spiro atoms. The molecule has 0 saturated carbocycles. The van der Waals surface area contributed by atoms with Crippen LogP contribution in [0.3, 0.4) is 0 Å². The second-order valence-electron chi connectivity index (χ2n) is 1.92. The van der Waals surface area contributed by atoms with Crippen LogP contribution < -0.4 is 5.32 Å². The quantitative estimate of drug-likeness (QED) is 0.539. The molecule has 0 saturated heterocycles. The van der Waals surface area contributed by atoms with Gasteiger partial charge in [-0.15, -0.1) is 18.8 Å². The van der Waals surface area contributed by atoms with Crippen molar-refractivity contribution in [2.75, 3.05) is 0 Å². The largest absolute Gasteiger partial charge is 0.480 e. The van der Waals surface area contributed by atoms with Crippen molar-refractivity contribution in [2.45, 2.75) is 12.5 Å². The maximum absolute atomic E-state index is 10.5. The van der Waals surface area contributed by atoms with Gasteiger partial charge in [0.1, 0.15) is 6.04 Å². The molecule has 62 valence electrons. The number of carboxylic acid groups (broad SMARTS) is 1. The molecule has 0 aliphatic rings. The van der Waals surface area contributed by atoms with E-state index < -0.39 is 17.9 Å². The topological polar surface area (TPSA) is 66.4 Å². The van der Waals surface area contributed by atoms with E-state index in [9.17, 15) is 9.59 Å². The molecule has 4 heteroatoms. The zero-order valence-electron chi connectivity index (χ0n) is 6.20. The Bertz CT molecular complexity index is 269. The molecule has 0 fully saturated rings. The Balaban J connectivity index is 4.18. The van der Waals surface area contributed by atoms with Crippen LogP contribution in [0.1, 0.15) is 6.42 Å². The molecule has 4 nitrogen and oxygen atoms in total. The van der Waals surface area contributed by atoms with E-state index in [-0.39, 0.29) is 6.42 Å². The van der Waals surface area contributed by atoms with E-state index in [0.29, 0.717) is 0 Å². The van der Waals surface area contributed by atoms with Crippen molar-refractivity contribution >= 4 is 11.9 Å². The summed E-state index contributed by atoms with van der Waals surface area (Å²) in [6.45, 7) is 0. The number of nitrogens with one attached hydrogen (secondary N) is 1. The lowest BCUT2D eigenvalue weighted by Gasteiger charge is -2.07. The number of amides is 1. The monoisotopic (exact) mass is 165 g/mol. The molecule has 1 unspecified atom stereocenters. The fourth-order valence-electron chi connectivity index (χ4n) is 0.518. The second-order valence-corrected chi connectivity index (χ2v) is 1.92. The number of terminal acetylenes is 2. The number of aliphatic carboxylic acids is 1. The Kier molecular flexibility index (Phi) is 4.03. The Labute approximate surface area is 70.0 Å². The fourth-order valence-corrected chi connectivity index (χ4v) is 0.518. The van der Waals surface area contributed by atoms with E-state index in [4.69, 9.17) is 18.0 Å². The van der Waals surface area contributed by atoms with Gasteiger partial charge in [-0.1, -0.05) is 0 Å². The predicted octanol–water partition coefficient (Wildman–Crippen LogP) is -0.788. The maximum Gasteiger partial charge on any atom is 0.327 e. The van der Waals surface area contributed by atoms with Crippen LogP contribution in [0.4, 0.5) is 0 Å². The van der Waals surface area contributed by atoms with Gasteiger partial charge in [0.25, 0.3) is 5.91 Å². The third-order valence-corrected chi connectivity index (χ3v) is 1.06. The minimum absolute atomic E-state index is 0.0806. The number of hydrogen-bond acceptors (Lipinski definition) is 2. The van der Waals surface area contributed by atoms with Gasteiger partial charge in [0, 0.05) is 6.42 Å². The highest BCUT2D eigenvalue weighted by Crippen LogP contribution is 1.89. The molecule has 1 amide bonds. The average molecular weight is 165 g/mol. The number of carbonyl (C=O) groups excluding carboxylic acids is 1. The van der Waals surface area contributed by atoms with Crippen molar-refractivity contribution in [3.63, 3.8) is 0 Å². The highest BCUT2D eigenvalue weighted by Gasteiger charge is 2.17. The summed E-state index contributed by atoms with van der Waals surface area (Å²) in [6, 6.07) is -1.10. The first-order valence-corrected chi connectivity index (χ1v) is 3.05. The number of carbonyl (C=O) groups is 2. The summed E-state index contributed by atoms with van der Waals surface area (Å²) in [5.74, 6) is 1.86. The minimum Gasteiger partial charge on any atom is -0.480 e. The third-order valence-electron chi connectivity index (χ3n) is 1.06. The van der Waals surface area contributed by atoms with Crippen LogP contribution in [-0.2, 0) is 9.59 Å². The van der Waals surface area contributed by atoms with Crippen LogP contribution in [0, 0.1) is 24.7 Å². The molecular formula is C8H7NO3. The first-order valence-electron chi connectivity index (χ1n) is 3.05. The molecule has 0 heterocycles. The van der Waals surface area contributed by atoms with Gasteiger partial charge in [-0.25, -0.2) is 4.79 Å². The first kappa shape index (κ1) is 10.1. The van der Waals surface area contributed by atoms with Crippen molar-refractivity contribution < 1.29 is 14.7 Å². The highest BCUT2D eigenvalue weighted by atomic mass is 16.4. The van der Waals surface area contributed by atoms with Gasteiger partial charge in [-0.3, -0.25) is 4.79 Å². The summed E-state index contributed by atoms with van der Waals surface area (Å²) < 4.78 is 0. The minimum atomic E-state index is -1.20. The second kappa shape index (κ2) is 4.81. The van der Waals surface area contributed by atoms with Gasteiger partial charge in [-0.05, 0) is 5.92 Å². The molecule has 0 aromatic rings. The van der Waals surface area contributed by atoms with Crippen molar-refractivity contribution in [3.8, 4) is 24.7 Å². The molecule has 0 rings (SSSR count). The molecular weight excluding hydrogens is 158 g/mol. The van der Waals surface area contributed by atoms with E-state index in [2.05, 4.69) is 5.92 Å². The molecule has 2 N–H and O–H groups in total. The van der Waals surface area contributed by atoms with Gasteiger partial charge < -0.3 is 10.4 Å². The van der Waals surface area contributed by atoms with Crippen LogP contribution in [0.15, 0.2) is 0 Å². The summed E-state index contributed by atoms with van der Waals surface area (Å²) in [5, 5.41) is 10.5. The summed E-state index contributed by atoms with van der Waals surface area (Å²) >= 11 is 0. The Morgan fingerprint density at radius 1 is 1.50 bits per heavy atom. The van der Waals surface area contributed by atoms with E-state index >= 15 is 0 Å². The lowest BCUT2D eigenvalue weighted by atomic mass is 10.2.